The van der Waals surface area contributed by atoms with Crippen molar-refractivity contribution in [2.45, 2.75) is 64.8 Å². The maximum absolute atomic E-state index is 6.48. The van der Waals surface area contributed by atoms with Crippen molar-refractivity contribution >= 4 is 0 Å². The molecule has 20 heavy (non-hydrogen) atoms. The first-order valence-corrected chi connectivity index (χ1v) is 8.68. The molecule has 6 atom stereocenters. The summed E-state index contributed by atoms with van der Waals surface area (Å²) in [5.74, 6) is 2.70. The van der Waals surface area contributed by atoms with Crippen LogP contribution >= 0.6 is 0 Å². The minimum atomic E-state index is 0.438. The van der Waals surface area contributed by atoms with Crippen LogP contribution in [-0.4, -0.2) is 6.04 Å². The number of nitrogens with two attached hydrogens (primary N) is 1. The van der Waals surface area contributed by atoms with Gasteiger partial charge in [-0.2, -0.15) is 0 Å². The van der Waals surface area contributed by atoms with Crippen LogP contribution in [0.1, 0.15) is 58.8 Å². The van der Waals surface area contributed by atoms with Crippen LogP contribution in [0, 0.1) is 28.6 Å². The summed E-state index contributed by atoms with van der Waals surface area (Å²) in [6.45, 7) is 5.05. The molecule has 0 aliphatic heterocycles. The lowest BCUT2D eigenvalue weighted by atomic mass is 9.48. The Morgan fingerprint density at radius 3 is 2.80 bits per heavy atom. The third-order valence-corrected chi connectivity index (χ3v) is 7.73. The van der Waals surface area contributed by atoms with Crippen molar-refractivity contribution in [2.24, 2.45) is 34.3 Å². The number of hydrogen-bond donors (Lipinski definition) is 1. The zero-order valence-corrected chi connectivity index (χ0v) is 13.1. The Morgan fingerprint density at radius 1 is 1.10 bits per heavy atom. The van der Waals surface area contributed by atoms with E-state index in [0.717, 1.165) is 17.8 Å². The Kier molecular flexibility index (Phi) is 2.77. The Labute approximate surface area is 123 Å². The van der Waals surface area contributed by atoms with E-state index in [1.54, 1.807) is 5.57 Å². The van der Waals surface area contributed by atoms with Gasteiger partial charge in [-0.05, 0) is 79.1 Å². The number of hydrogen-bond acceptors (Lipinski definition) is 1. The van der Waals surface area contributed by atoms with Crippen molar-refractivity contribution < 1.29 is 0 Å². The monoisotopic (exact) mass is 271 g/mol. The van der Waals surface area contributed by atoms with Crippen molar-refractivity contribution in [2.75, 3.05) is 0 Å². The van der Waals surface area contributed by atoms with Gasteiger partial charge in [-0.25, -0.2) is 0 Å². The maximum Gasteiger partial charge on any atom is 0.00957 e. The maximum atomic E-state index is 6.48. The molecular weight excluding hydrogens is 242 g/mol. The molecule has 2 saturated carbocycles. The highest BCUT2D eigenvalue weighted by molar-refractivity contribution is 5.34. The third-order valence-electron chi connectivity index (χ3n) is 7.73. The molecule has 0 aromatic heterocycles. The molecule has 0 bridgehead atoms. The normalized spacial score (nSPS) is 53.9. The van der Waals surface area contributed by atoms with Crippen molar-refractivity contribution in [3.05, 3.63) is 23.8 Å². The van der Waals surface area contributed by atoms with Crippen LogP contribution in [0.4, 0.5) is 0 Å². The van der Waals surface area contributed by atoms with Gasteiger partial charge >= 0.3 is 0 Å². The molecule has 0 radical (unpaired) electrons. The Balaban J connectivity index is 1.72. The topological polar surface area (TPSA) is 26.0 Å². The molecule has 110 valence electrons. The first-order valence-electron chi connectivity index (χ1n) is 8.68. The van der Waals surface area contributed by atoms with Crippen molar-refractivity contribution in [3.8, 4) is 0 Å². The number of fused-ring (bicyclic) bond motifs is 5. The van der Waals surface area contributed by atoms with E-state index in [1.807, 2.05) is 0 Å². The molecule has 4 rings (SSSR count). The van der Waals surface area contributed by atoms with Gasteiger partial charge in [-0.15, -0.1) is 0 Å². The summed E-state index contributed by atoms with van der Waals surface area (Å²) in [4.78, 5) is 0. The van der Waals surface area contributed by atoms with Crippen LogP contribution in [0.3, 0.4) is 0 Å². The summed E-state index contributed by atoms with van der Waals surface area (Å²) in [6, 6.07) is 0.456. The molecule has 4 aliphatic rings. The van der Waals surface area contributed by atoms with E-state index in [-0.39, 0.29) is 0 Å². The first kappa shape index (κ1) is 13.1. The quantitative estimate of drug-likeness (QED) is 0.692. The van der Waals surface area contributed by atoms with E-state index in [4.69, 9.17) is 5.73 Å². The van der Waals surface area contributed by atoms with E-state index in [1.165, 1.54) is 44.9 Å². The predicted molar refractivity (Wildman–Crippen MR) is 84.2 cm³/mol. The van der Waals surface area contributed by atoms with Crippen LogP contribution in [0.15, 0.2) is 23.8 Å². The minimum Gasteiger partial charge on any atom is -0.327 e. The molecule has 2 fully saturated rings. The molecule has 0 heterocycles. The first-order chi connectivity index (χ1) is 9.56. The second kappa shape index (κ2) is 4.22. The molecule has 0 saturated heterocycles. The highest BCUT2D eigenvalue weighted by atomic mass is 14.8. The van der Waals surface area contributed by atoms with Crippen LogP contribution in [0.25, 0.3) is 0 Å². The van der Waals surface area contributed by atoms with Crippen LogP contribution in [0.2, 0.25) is 0 Å². The van der Waals surface area contributed by atoms with Gasteiger partial charge in [0.2, 0.25) is 0 Å². The van der Waals surface area contributed by atoms with Gasteiger partial charge in [0.05, 0.1) is 0 Å². The Morgan fingerprint density at radius 2 is 1.95 bits per heavy atom. The summed E-state index contributed by atoms with van der Waals surface area (Å²) in [7, 11) is 0. The molecule has 0 aromatic carbocycles. The van der Waals surface area contributed by atoms with E-state index >= 15 is 0 Å². The lowest BCUT2D eigenvalue weighted by Gasteiger charge is -2.56. The molecule has 0 amide bonds. The molecule has 0 aromatic rings. The number of allylic oxidation sites excluding steroid dienone is 4. The van der Waals surface area contributed by atoms with E-state index in [2.05, 4.69) is 32.1 Å². The fourth-order valence-corrected chi connectivity index (χ4v) is 6.34. The fourth-order valence-electron chi connectivity index (χ4n) is 6.34. The average molecular weight is 271 g/mol. The molecule has 4 aliphatic carbocycles. The second-order valence-electron chi connectivity index (χ2n) is 8.36. The lowest BCUT2D eigenvalue weighted by Crippen LogP contribution is -2.51. The highest BCUT2D eigenvalue weighted by Gasteiger charge is 2.57. The van der Waals surface area contributed by atoms with E-state index in [9.17, 15) is 0 Å². The standard InChI is InChI=1S/C19H29N/c1-18-11-4-3-5-13(18)6-7-14-15-8-9-17(20)19(15,2)12-10-16(14)18/h3,5-6,14-17H,4,7-12,20H2,1-2H3/t14-,15-,16-,17-,18-,19-/m0/s1. The van der Waals surface area contributed by atoms with Crippen molar-refractivity contribution in [1.29, 1.82) is 0 Å². The van der Waals surface area contributed by atoms with Gasteiger partial charge in [0.25, 0.3) is 0 Å². The van der Waals surface area contributed by atoms with Gasteiger partial charge in [0.15, 0.2) is 0 Å². The molecule has 0 spiro atoms. The second-order valence-corrected chi connectivity index (χ2v) is 8.36. The predicted octanol–water partition coefficient (Wildman–Crippen LogP) is 4.44. The zero-order chi connectivity index (χ0) is 14.0. The molecule has 1 heteroatoms. The van der Waals surface area contributed by atoms with Gasteiger partial charge in [-0.3, -0.25) is 0 Å². The zero-order valence-electron chi connectivity index (χ0n) is 13.1. The SMILES string of the molecule is C[C@]12CC[C@H]3[C@@H](CC=C4C=CCC[C@@]43C)[C@@H]1CC[C@@H]2N. The third kappa shape index (κ3) is 1.53. The summed E-state index contributed by atoms with van der Waals surface area (Å²) in [5, 5.41) is 0. The van der Waals surface area contributed by atoms with Crippen LogP contribution < -0.4 is 5.73 Å². The van der Waals surface area contributed by atoms with Crippen LogP contribution in [-0.2, 0) is 0 Å². The largest absolute Gasteiger partial charge is 0.327 e. The van der Waals surface area contributed by atoms with E-state index < -0.39 is 0 Å². The summed E-state index contributed by atoms with van der Waals surface area (Å²) >= 11 is 0. The number of rotatable bonds is 0. The smallest absolute Gasteiger partial charge is 0.00957 e. The summed E-state index contributed by atoms with van der Waals surface area (Å²) < 4.78 is 0. The van der Waals surface area contributed by atoms with E-state index in [0.29, 0.717) is 16.9 Å². The molecule has 1 nitrogen and oxygen atoms in total. The average Bonchev–Trinajstić information content (AvgIpc) is 2.74. The Bertz CT molecular complexity index is 476. The Hall–Kier alpha value is -0.560. The van der Waals surface area contributed by atoms with Gasteiger partial charge in [0, 0.05) is 6.04 Å². The summed E-state index contributed by atoms with van der Waals surface area (Å²) in [5.41, 5.74) is 9.03. The molecular formula is C19H29N. The summed E-state index contributed by atoms with van der Waals surface area (Å²) in [6.07, 6.45) is 16.8. The van der Waals surface area contributed by atoms with Gasteiger partial charge < -0.3 is 5.73 Å². The van der Waals surface area contributed by atoms with Crippen LogP contribution in [0.5, 0.6) is 0 Å². The van der Waals surface area contributed by atoms with Crippen molar-refractivity contribution in [1.82, 2.24) is 0 Å². The van der Waals surface area contributed by atoms with Gasteiger partial charge in [0.1, 0.15) is 0 Å². The fraction of sp³-hybridized carbons (Fsp3) is 0.789. The van der Waals surface area contributed by atoms with Crippen molar-refractivity contribution in [3.63, 3.8) is 0 Å². The lowest BCUT2D eigenvalue weighted by molar-refractivity contribution is -0.0233. The molecule has 0 unspecified atom stereocenters. The van der Waals surface area contributed by atoms with Gasteiger partial charge in [-0.1, -0.05) is 32.1 Å². The molecule has 2 N–H and O–H groups in total. The minimum absolute atomic E-state index is 0.438. The highest BCUT2D eigenvalue weighted by Crippen LogP contribution is 2.63.